The molecular formula is C29H37N7O3. The summed E-state index contributed by atoms with van der Waals surface area (Å²) in [5.74, 6) is 1.54. The van der Waals surface area contributed by atoms with Crippen LogP contribution < -0.4 is 15.4 Å². The summed E-state index contributed by atoms with van der Waals surface area (Å²) in [6.07, 6.45) is 6.67. The first-order valence-corrected chi connectivity index (χ1v) is 13.5. The van der Waals surface area contributed by atoms with Gasteiger partial charge in [-0.1, -0.05) is 45.0 Å². The first kappa shape index (κ1) is 26.7. The van der Waals surface area contributed by atoms with E-state index in [9.17, 15) is 9.90 Å². The average molecular weight is 532 g/mol. The molecule has 1 aliphatic carbocycles. The van der Waals surface area contributed by atoms with Crippen LogP contribution in [0.25, 0.3) is 5.65 Å². The number of pyridine rings is 1. The second-order valence-corrected chi connectivity index (χ2v) is 11.4. The van der Waals surface area contributed by atoms with E-state index in [1.807, 2.05) is 67.8 Å². The Labute approximate surface area is 228 Å². The third kappa shape index (κ3) is 5.75. The van der Waals surface area contributed by atoms with Gasteiger partial charge < -0.3 is 15.2 Å². The SMILES string of the molecule is CN1CCC[C@H]1c1nnc2ccc(O[C@@H]3CC[C@H](NC(=O)NC(=N)/C=C(\O)C(C)(C)C)c4ccccc43)cn12. The van der Waals surface area contributed by atoms with Crippen LogP contribution in [0.4, 0.5) is 4.79 Å². The van der Waals surface area contributed by atoms with Crippen molar-refractivity contribution in [3.63, 3.8) is 0 Å². The number of hydrogen-bond acceptors (Lipinski definition) is 7. The van der Waals surface area contributed by atoms with Gasteiger partial charge in [-0.15, -0.1) is 10.2 Å². The Kier molecular flexibility index (Phi) is 7.31. The van der Waals surface area contributed by atoms with E-state index in [1.165, 1.54) is 6.08 Å². The van der Waals surface area contributed by atoms with Gasteiger partial charge in [0, 0.05) is 11.5 Å². The van der Waals surface area contributed by atoms with E-state index in [4.69, 9.17) is 10.1 Å². The lowest BCUT2D eigenvalue weighted by Crippen LogP contribution is -2.42. The molecule has 3 atom stereocenters. The second-order valence-electron chi connectivity index (χ2n) is 11.4. The van der Waals surface area contributed by atoms with Gasteiger partial charge in [0.1, 0.15) is 23.4 Å². The zero-order valence-corrected chi connectivity index (χ0v) is 22.9. The molecule has 1 aromatic carbocycles. The zero-order valence-electron chi connectivity index (χ0n) is 22.9. The largest absolute Gasteiger partial charge is 0.512 e. The minimum absolute atomic E-state index is 0.0304. The lowest BCUT2D eigenvalue weighted by molar-refractivity contribution is 0.171. The van der Waals surface area contributed by atoms with Crippen LogP contribution in [0, 0.1) is 10.8 Å². The predicted molar refractivity (Wildman–Crippen MR) is 149 cm³/mol. The molecule has 0 bridgehead atoms. The second kappa shape index (κ2) is 10.7. The number of likely N-dealkylation sites (tertiary alicyclic amines) is 1. The predicted octanol–water partition coefficient (Wildman–Crippen LogP) is 5.22. The van der Waals surface area contributed by atoms with E-state index in [1.54, 1.807) is 0 Å². The Bertz CT molecular complexity index is 1410. The van der Waals surface area contributed by atoms with Crippen molar-refractivity contribution in [1.82, 2.24) is 30.1 Å². The van der Waals surface area contributed by atoms with Crippen LogP contribution in [0.15, 0.2) is 54.4 Å². The van der Waals surface area contributed by atoms with Crippen molar-refractivity contribution in [2.24, 2.45) is 5.41 Å². The van der Waals surface area contributed by atoms with Gasteiger partial charge in [-0.05, 0) is 62.5 Å². The van der Waals surface area contributed by atoms with Crippen molar-refractivity contribution >= 4 is 17.5 Å². The fraction of sp³-hybridized carbons (Fsp3) is 0.448. The van der Waals surface area contributed by atoms with E-state index < -0.39 is 11.4 Å². The Balaban J connectivity index is 1.29. The first-order valence-electron chi connectivity index (χ1n) is 13.5. The third-order valence-corrected chi connectivity index (χ3v) is 7.54. The fourth-order valence-corrected chi connectivity index (χ4v) is 5.32. The highest BCUT2D eigenvalue weighted by Gasteiger charge is 2.30. The van der Waals surface area contributed by atoms with E-state index in [-0.39, 0.29) is 29.8 Å². The van der Waals surface area contributed by atoms with E-state index in [2.05, 4.69) is 32.8 Å². The van der Waals surface area contributed by atoms with Gasteiger partial charge in [-0.25, -0.2) is 4.79 Å². The maximum Gasteiger partial charge on any atom is 0.320 e. The molecule has 5 rings (SSSR count). The van der Waals surface area contributed by atoms with Crippen LogP contribution in [-0.4, -0.2) is 50.1 Å². The van der Waals surface area contributed by atoms with E-state index in [0.29, 0.717) is 12.8 Å². The van der Waals surface area contributed by atoms with Gasteiger partial charge in [0.15, 0.2) is 11.5 Å². The molecule has 0 spiro atoms. The monoisotopic (exact) mass is 531 g/mol. The summed E-state index contributed by atoms with van der Waals surface area (Å²) in [4.78, 5) is 15.0. The van der Waals surface area contributed by atoms with Gasteiger partial charge in [0.2, 0.25) is 0 Å². The molecule has 3 heterocycles. The van der Waals surface area contributed by atoms with Crippen LogP contribution in [0.5, 0.6) is 5.75 Å². The lowest BCUT2D eigenvalue weighted by Gasteiger charge is -2.32. The number of amides is 2. The summed E-state index contributed by atoms with van der Waals surface area (Å²) in [6, 6.07) is 11.4. The number of carbonyl (C=O) groups excluding carboxylic acids is 1. The number of aliphatic hydroxyl groups excluding tert-OH is 1. The first-order chi connectivity index (χ1) is 18.6. The summed E-state index contributed by atoms with van der Waals surface area (Å²) in [6.45, 7) is 6.56. The van der Waals surface area contributed by atoms with Crippen molar-refractivity contribution in [2.75, 3.05) is 13.6 Å². The smallest absolute Gasteiger partial charge is 0.320 e. The number of aromatic nitrogens is 3. The lowest BCUT2D eigenvalue weighted by atomic mass is 9.85. The molecule has 206 valence electrons. The number of ether oxygens (including phenoxy) is 1. The number of rotatable bonds is 5. The molecule has 10 heteroatoms. The number of aliphatic hydroxyl groups is 1. The van der Waals surface area contributed by atoms with Crippen molar-refractivity contribution in [3.8, 4) is 5.75 Å². The number of benzene rings is 1. The maximum atomic E-state index is 12.7. The summed E-state index contributed by atoms with van der Waals surface area (Å²) >= 11 is 0. The Hall–Kier alpha value is -3.92. The number of urea groups is 1. The normalized spacial score (nSPS) is 21.9. The summed E-state index contributed by atoms with van der Waals surface area (Å²) in [5, 5.41) is 32.5. The van der Waals surface area contributed by atoms with Crippen LogP contribution in [0.2, 0.25) is 0 Å². The Morgan fingerprint density at radius 2 is 1.90 bits per heavy atom. The molecule has 3 aromatic rings. The number of fused-ring (bicyclic) bond motifs is 2. The number of carbonyl (C=O) groups is 1. The molecule has 39 heavy (non-hydrogen) atoms. The van der Waals surface area contributed by atoms with Gasteiger partial charge in [-0.3, -0.25) is 20.0 Å². The van der Waals surface area contributed by atoms with Gasteiger partial charge in [-0.2, -0.15) is 0 Å². The molecule has 1 saturated heterocycles. The average Bonchev–Trinajstić information content (AvgIpc) is 3.50. The van der Waals surface area contributed by atoms with Gasteiger partial charge >= 0.3 is 6.03 Å². The number of allylic oxidation sites excluding steroid dienone is 1. The van der Waals surface area contributed by atoms with Crippen LogP contribution in [0.3, 0.4) is 0 Å². The maximum absolute atomic E-state index is 12.7. The summed E-state index contributed by atoms with van der Waals surface area (Å²) in [7, 11) is 2.12. The van der Waals surface area contributed by atoms with E-state index >= 15 is 0 Å². The topological polar surface area (TPSA) is 128 Å². The standard InChI is InChI=1S/C29H37N7O3/c1-29(2,3)24(37)16-25(30)32-28(38)31-21-12-13-23(20-9-6-5-8-19(20)21)39-18-11-14-26-33-34-27(36(26)17-18)22-10-7-15-35(22)4/h5-6,8-9,11,14,16-17,21-23,37H,7,10,12-13,15H2,1-4H3,(H3,30,31,32,38)/b24-16-/t21-,22-,23+/m0/s1. The van der Waals surface area contributed by atoms with Crippen molar-refractivity contribution in [1.29, 1.82) is 5.41 Å². The van der Waals surface area contributed by atoms with Crippen LogP contribution in [0.1, 0.15) is 81.6 Å². The molecule has 1 aliphatic heterocycles. The van der Waals surface area contributed by atoms with Gasteiger partial charge in [0.25, 0.3) is 0 Å². The Morgan fingerprint density at radius 3 is 2.62 bits per heavy atom. The molecule has 0 saturated carbocycles. The zero-order chi connectivity index (χ0) is 27.7. The number of hydrogen-bond donors (Lipinski definition) is 4. The number of amidine groups is 1. The minimum Gasteiger partial charge on any atom is -0.512 e. The summed E-state index contributed by atoms with van der Waals surface area (Å²) < 4.78 is 8.54. The van der Waals surface area contributed by atoms with E-state index in [0.717, 1.165) is 47.7 Å². The number of nitrogens with one attached hydrogen (secondary N) is 3. The molecule has 10 nitrogen and oxygen atoms in total. The Morgan fingerprint density at radius 1 is 1.13 bits per heavy atom. The molecule has 0 unspecified atom stereocenters. The quantitative estimate of drug-likeness (QED) is 0.203. The van der Waals surface area contributed by atoms with Crippen molar-refractivity contribution < 1.29 is 14.6 Å². The fourth-order valence-electron chi connectivity index (χ4n) is 5.32. The minimum atomic E-state index is -0.505. The highest BCUT2D eigenvalue weighted by Crippen LogP contribution is 2.39. The molecular weight excluding hydrogens is 494 g/mol. The highest BCUT2D eigenvalue weighted by atomic mass is 16.5. The molecule has 0 radical (unpaired) electrons. The molecule has 4 N–H and O–H groups in total. The highest BCUT2D eigenvalue weighted by molar-refractivity contribution is 6.02. The van der Waals surface area contributed by atoms with Gasteiger partial charge in [0.05, 0.1) is 18.3 Å². The van der Waals surface area contributed by atoms with Crippen molar-refractivity contribution in [2.45, 2.75) is 64.6 Å². The van der Waals surface area contributed by atoms with Crippen LogP contribution >= 0.6 is 0 Å². The molecule has 2 aromatic heterocycles. The molecule has 1 fully saturated rings. The summed E-state index contributed by atoms with van der Waals surface area (Å²) in [5.41, 5.74) is 2.30. The molecule has 2 aliphatic rings. The molecule has 2 amide bonds. The van der Waals surface area contributed by atoms with Crippen LogP contribution in [-0.2, 0) is 0 Å². The van der Waals surface area contributed by atoms with Crippen molar-refractivity contribution in [3.05, 3.63) is 71.4 Å². The number of nitrogens with zero attached hydrogens (tertiary/aromatic N) is 4. The third-order valence-electron chi connectivity index (χ3n) is 7.54.